The number of hydrogen-bond donors (Lipinski definition) is 1. The number of benzene rings is 1. The third-order valence-electron chi connectivity index (χ3n) is 2.86. The summed E-state index contributed by atoms with van der Waals surface area (Å²) in [6.07, 6.45) is 0. The maximum absolute atomic E-state index is 12.5. The molecule has 0 spiro atoms. The Balaban J connectivity index is 2.37. The lowest BCUT2D eigenvalue weighted by atomic mass is 10.3. The van der Waals surface area contributed by atoms with E-state index in [0.29, 0.717) is 16.3 Å². The SMILES string of the molecule is COc1cccc(N(C)S(=O)(=O)c2csc(CO)c2)c1. The molecule has 0 aliphatic carbocycles. The van der Waals surface area contributed by atoms with E-state index < -0.39 is 10.0 Å². The van der Waals surface area contributed by atoms with E-state index >= 15 is 0 Å². The molecule has 0 amide bonds. The molecule has 0 bridgehead atoms. The van der Waals surface area contributed by atoms with Crippen molar-refractivity contribution in [1.29, 1.82) is 0 Å². The summed E-state index contributed by atoms with van der Waals surface area (Å²) in [5.74, 6) is 0.589. The Labute approximate surface area is 122 Å². The molecule has 1 aromatic carbocycles. The lowest BCUT2D eigenvalue weighted by Crippen LogP contribution is -2.26. The van der Waals surface area contributed by atoms with Gasteiger partial charge in [-0.1, -0.05) is 6.07 Å². The molecule has 0 unspecified atom stereocenters. The molecule has 0 aliphatic rings. The van der Waals surface area contributed by atoms with Gasteiger partial charge in [0.2, 0.25) is 0 Å². The van der Waals surface area contributed by atoms with E-state index in [2.05, 4.69) is 0 Å². The Morgan fingerprint density at radius 3 is 2.70 bits per heavy atom. The molecular formula is C13H15NO4S2. The predicted molar refractivity (Wildman–Crippen MR) is 78.8 cm³/mol. The van der Waals surface area contributed by atoms with E-state index in [1.54, 1.807) is 24.3 Å². The minimum absolute atomic E-state index is 0.164. The molecule has 0 fully saturated rings. The van der Waals surface area contributed by atoms with E-state index in [4.69, 9.17) is 9.84 Å². The molecule has 2 aromatic rings. The largest absolute Gasteiger partial charge is 0.497 e. The Bertz CT molecular complexity index is 694. The van der Waals surface area contributed by atoms with Crippen LogP contribution in [-0.4, -0.2) is 27.7 Å². The minimum atomic E-state index is -3.63. The number of sulfonamides is 1. The molecule has 0 atom stereocenters. The predicted octanol–water partition coefficient (Wildman–Crippen LogP) is 2.07. The van der Waals surface area contributed by atoms with Crippen molar-refractivity contribution in [1.82, 2.24) is 0 Å². The van der Waals surface area contributed by atoms with E-state index in [9.17, 15) is 8.42 Å². The first-order valence-corrected chi connectivity index (χ1v) is 8.12. The van der Waals surface area contributed by atoms with Gasteiger partial charge >= 0.3 is 0 Å². The summed E-state index contributed by atoms with van der Waals surface area (Å²) in [4.78, 5) is 0.791. The highest BCUT2D eigenvalue weighted by Gasteiger charge is 2.22. The normalized spacial score (nSPS) is 11.3. The molecule has 1 N–H and O–H groups in total. The number of nitrogens with zero attached hydrogens (tertiary/aromatic N) is 1. The van der Waals surface area contributed by atoms with E-state index in [-0.39, 0.29) is 11.5 Å². The van der Waals surface area contributed by atoms with Gasteiger partial charge in [0.1, 0.15) is 5.75 Å². The van der Waals surface area contributed by atoms with Gasteiger partial charge in [-0.2, -0.15) is 0 Å². The van der Waals surface area contributed by atoms with Crippen LogP contribution in [0.25, 0.3) is 0 Å². The number of rotatable bonds is 5. The summed E-state index contributed by atoms with van der Waals surface area (Å²) >= 11 is 1.22. The molecule has 108 valence electrons. The highest BCUT2D eigenvalue weighted by molar-refractivity contribution is 7.93. The number of hydrogen-bond acceptors (Lipinski definition) is 5. The summed E-state index contributed by atoms with van der Waals surface area (Å²) in [7, 11) is -0.615. The summed E-state index contributed by atoms with van der Waals surface area (Å²) in [6.45, 7) is -0.164. The van der Waals surface area contributed by atoms with Crippen molar-refractivity contribution in [3.05, 3.63) is 40.6 Å². The van der Waals surface area contributed by atoms with Crippen LogP contribution in [0.2, 0.25) is 0 Å². The fourth-order valence-electron chi connectivity index (χ4n) is 1.68. The zero-order valence-corrected chi connectivity index (χ0v) is 12.7. The minimum Gasteiger partial charge on any atom is -0.497 e. The fourth-order valence-corrected chi connectivity index (χ4v) is 3.99. The average molecular weight is 313 g/mol. The van der Waals surface area contributed by atoms with E-state index in [1.165, 1.54) is 41.2 Å². The van der Waals surface area contributed by atoms with Gasteiger partial charge in [-0.25, -0.2) is 8.42 Å². The third-order valence-corrected chi connectivity index (χ3v) is 5.69. The van der Waals surface area contributed by atoms with Crippen LogP contribution in [0.3, 0.4) is 0 Å². The first kappa shape index (κ1) is 14.8. The van der Waals surface area contributed by atoms with Crippen LogP contribution in [0.1, 0.15) is 4.88 Å². The molecule has 20 heavy (non-hydrogen) atoms. The summed E-state index contributed by atoms with van der Waals surface area (Å²) in [6, 6.07) is 8.30. The van der Waals surface area contributed by atoms with Crippen molar-refractivity contribution < 1.29 is 18.3 Å². The van der Waals surface area contributed by atoms with Gasteiger partial charge in [-0.15, -0.1) is 11.3 Å². The number of aliphatic hydroxyl groups excluding tert-OH is 1. The fraction of sp³-hybridized carbons (Fsp3) is 0.231. The van der Waals surface area contributed by atoms with Gasteiger partial charge in [-0.3, -0.25) is 4.31 Å². The van der Waals surface area contributed by atoms with E-state index in [1.807, 2.05) is 0 Å². The first-order valence-electron chi connectivity index (χ1n) is 5.80. The number of ether oxygens (including phenoxy) is 1. The standard InChI is InChI=1S/C13H15NO4S2/c1-14(10-4-3-5-11(6-10)18-2)20(16,17)13-7-12(8-15)19-9-13/h3-7,9,15H,8H2,1-2H3. The highest BCUT2D eigenvalue weighted by atomic mass is 32.2. The molecule has 0 aliphatic heterocycles. The van der Waals surface area contributed by atoms with Crippen LogP contribution in [0.15, 0.2) is 40.6 Å². The van der Waals surface area contributed by atoms with Gasteiger partial charge in [0.05, 0.1) is 24.3 Å². The Morgan fingerprint density at radius 1 is 1.35 bits per heavy atom. The summed E-state index contributed by atoms with van der Waals surface area (Å²) in [5.41, 5.74) is 0.515. The number of aliphatic hydroxyl groups is 1. The Hall–Kier alpha value is -1.57. The smallest absolute Gasteiger partial charge is 0.264 e. The van der Waals surface area contributed by atoms with Gasteiger partial charge in [-0.05, 0) is 18.2 Å². The number of methoxy groups -OCH3 is 1. The molecule has 5 nitrogen and oxygen atoms in total. The van der Waals surface area contributed by atoms with Crippen molar-refractivity contribution in [3.8, 4) is 5.75 Å². The number of thiophene rings is 1. The molecule has 0 saturated carbocycles. The molecule has 1 heterocycles. The quantitative estimate of drug-likeness (QED) is 0.917. The van der Waals surface area contributed by atoms with Gasteiger partial charge < -0.3 is 9.84 Å². The maximum atomic E-state index is 12.5. The zero-order chi connectivity index (χ0) is 14.8. The molecule has 2 rings (SSSR count). The Morgan fingerprint density at radius 2 is 2.10 bits per heavy atom. The second-order valence-electron chi connectivity index (χ2n) is 4.08. The summed E-state index contributed by atoms with van der Waals surface area (Å²) < 4.78 is 31.2. The van der Waals surface area contributed by atoms with Crippen LogP contribution in [0, 0.1) is 0 Å². The lowest BCUT2D eigenvalue weighted by molar-refractivity contribution is 0.285. The van der Waals surface area contributed by atoms with E-state index in [0.717, 1.165) is 0 Å². The van der Waals surface area contributed by atoms with Crippen molar-refractivity contribution in [2.45, 2.75) is 11.5 Å². The topological polar surface area (TPSA) is 66.8 Å². The van der Waals surface area contributed by atoms with Crippen LogP contribution >= 0.6 is 11.3 Å². The van der Waals surface area contributed by atoms with Crippen molar-refractivity contribution in [2.24, 2.45) is 0 Å². The van der Waals surface area contributed by atoms with Gasteiger partial charge in [0.15, 0.2) is 0 Å². The molecule has 0 saturated heterocycles. The number of anilines is 1. The van der Waals surface area contributed by atoms with Gasteiger partial charge in [0, 0.05) is 23.4 Å². The van der Waals surface area contributed by atoms with Crippen LogP contribution in [0.4, 0.5) is 5.69 Å². The molecular weight excluding hydrogens is 298 g/mol. The van der Waals surface area contributed by atoms with Crippen LogP contribution in [0.5, 0.6) is 5.75 Å². The van der Waals surface area contributed by atoms with Crippen molar-refractivity contribution >= 4 is 27.0 Å². The highest BCUT2D eigenvalue weighted by Crippen LogP contribution is 2.27. The van der Waals surface area contributed by atoms with Crippen LogP contribution < -0.4 is 9.04 Å². The van der Waals surface area contributed by atoms with Crippen molar-refractivity contribution in [2.75, 3.05) is 18.5 Å². The Kier molecular flexibility index (Phi) is 4.32. The van der Waals surface area contributed by atoms with Crippen molar-refractivity contribution in [3.63, 3.8) is 0 Å². The molecule has 7 heteroatoms. The average Bonchev–Trinajstić information content (AvgIpc) is 2.96. The van der Waals surface area contributed by atoms with Crippen LogP contribution in [-0.2, 0) is 16.6 Å². The maximum Gasteiger partial charge on any atom is 0.264 e. The lowest BCUT2D eigenvalue weighted by Gasteiger charge is -2.19. The third kappa shape index (κ3) is 2.79. The first-order chi connectivity index (χ1) is 9.48. The summed E-state index contributed by atoms with van der Waals surface area (Å²) in [5, 5.41) is 10.6. The zero-order valence-electron chi connectivity index (χ0n) is 11.1. The second-order valence-corrected chi connectivity index (χ2v) is 7.05. The molecule has 0 radical (unpaired) electrons. The molecule has 1 aromatic heterocycles. The monoisotopic (exact) mass is 313 g/mol. The second kappa shape index (κ2) is 5.82. The van der Waals surface area contributed by atoms with Gasteiger partial charge in [0.25, 0.3) is 10.0 Å².